The number of aliphatic hydroxyl groups excluding tert-OH is 2. The number of fused-ring (bicyclic) bond motifs is 1. The van der Waals surface area contributed by atoms with Crippen LogP contribution in [0.15, 0.2) is 24.3 Å². The zero-order valence-corrected chi connectivity index (χ0v) is 16.3. The van der Waals surface area contributed by atoms with Gasteiger partial charge in [0.1, 0.15) is 11.9 Å². The normalized spacial score (nSPS) is 30.7. The van der Waals surface area contributed by atoms with Crippen molar-refractivity contribution < 1.29 is 19.4 Å². The molecule has 2 fully saturated rings. The lowest BCUT2D eigenvalue weighted by atomic mass is 9.76. The molecule has 1 amide bonds. The van der Waals surface area contributed by atoms with Crippen molar-refractivity contribution in [1.82, 2.24) is 9.80 Å². The van der Waals surface area contributed by atoms with E-state index in [2.05, 4.69) is 0 Å². The first-order valence-electron chi connectivity index (χ1n) is 9.17. The van der Waals surface area contributed by atoms with Crippen LogP contribution in [0.1, 0.15) is 25.8 Å². The van der Waals surface area contributed by atoms with Gasteiger partial charge in [0.2, 0.25) is 5.91 Å². The van der Waals surface area contributed by atoms with Gasteiger partial charge in [0.15, 0.2) is 5.11 Å². The Hall–Kier alpha value is -1.77. The molecule has 1 saturated carbocycles. The number of amides is 1. The van der Waals surface area contributed by atoms with E-state index in [1.165, 1.54) is 12.1 Å². The number of benzene rings is 1. The molecule has 1 aromatic carbocycles. The molecule has 27 heavy (non-hydrogen) atoms. The zero-order chi connectivity index (χ0) is 19.9. The number of hydrogen-bond donors (Lipinski definition) is 3. The van der Waals surface area contributed by atoms with Crippen LogP contribution in [0.5, 0.6) is 0 Å². The Morgan fingerprint density at radius 2 is 1.89 bits per heavy atom. The first-order valence-corrected chi connectivity index (χ1v) is 9.58. The standard InChI is InChI=1S/C19H26FN3O3S/c1-10(2)8-22-15-13(18(21)26)7-14(24)17(25)16(15)23(19(22)27)9-11-3-5-12(20)6-4-11/h3-6,10,13-17,24-25H,7-9H2,1-2H3,(H2,21,26)/t13-,14-,15-,16-,17+/m1/s1. The maximum atomic E-state index is 13.2. The highest BCUT2D eigenvalue weighted by molar-refractivity contribution is 7.80. The summed E-state index contributed by atoms with van der Waals surface area (Å²) in [6, 6.07) is 5.12. The Balaban J connectivity index is 1.98. The van der Waals surface area contributed by atoms with Crippen LogP contribution < -0.4 is 5.73 Å². The summed E-state index contributed by atoms with van der Waals surface area (Å²) in [5.41, 5.74) is 6.45. The predicted molar refractivity (Wildman–Crippen MR) is 103 cm³/mol. The first kappa shape index (κ1) is 20.0. The minimum atomic E-state index is -1.05. The van der Waals surface area contributed by atoms with Crippen molar-refractivity contribution in [2.24, 2.45) is 17.6 Å². The van der Waals surface area contributed by atoms with E-state index in [9.17, 15) is 19.4 Å². The quantitative estimate of drug-likeness (QED) is 0.641. The average molecular weight is 396 g/mol. The molecule has 2 aliphatic rings. The molecule has 1 heterocycles. The third kappa shape index (κ3) is 3.79. The Bertz CT molecular complexity index is 715. The van der Waals surface area contributed by atoms with E-state index in [0.717, 1.165) is 5.56 Å². The number of carbonyl (C=O) groups excluding carboxylic acids is 1. The lowest BCUT2D eigenvalue weighted by Crippen LogP contribution is -2.61. The summed E-state index contributed by atoms with van der Waals surface area (Å²) >= 11 is 5.68. The minimum Gasteiger partial charge on any atom is -0.390 e. The Morgan fingerprint density at radius 3 is 2.44 bits per heavy atom. The Morgan fingerprint density at radius 1 is 1.26 bits per heavy atom. The molecule has 148 valence electrons. The van der Waals surface area contributed by atoms with Gasteiger partial charge in [-0.25, -0.2) is 4.39 Å². The minimum absolute atomic E-state index is 0.110. The van der Waals surface area contributed by atoms with Gasteiger partial charge in [0.25, 0.3) is 0 Å². The van der Waals surface area contributed by atoms with Gasteiger partial charge < -0.3 is 25.7 Å². The van der Waals surface area contributed by atoms with E-state index >= 15 is 0 Å². The summed E-state index contributed by atoms with van der Waals surface area (Å²) in [7, 11) is 0. The SMILES string of the molecule is CC(C)CN1C(=S)N(Cc2ccc(F)cc2)[C@H]2[C@@H](O)[C@H](O)C[C@@H](C(N)=O)[C@H]21. The Kier molecular flexibility index (Phi) is 5.69. The molecule has 1 saturated heterocycles. The van der Waals surface area contributed by atoms with Crippen LogP contribution in [0.25, 0.3) is 0 Å². The number of nitrogens with zero attached hydrogens (tertiary/aromatic N) is 2. The fourth-order valence-corrected chi connectivity index (χ4v) is 4.62. The van der Waals surface area contributed by atoms with Crippen molar-refractivity contribution >= 4 is 23.2 Å². The molecule has 1 aliphatic heterocycles. The third-order valence-corrected chi connectivity index (χ3v) is 5.88. The molecular formula is C19H26FN3O3S. The van der Waals surface area contributed by atoms with Gasteiger partial charge in [0, 0.05) is 13.1 Å². The number of carbonyl (C=O) groups is 1. The van der Waals surface area contributed by atoms with Crippen LogP contribution in [-0.2, 0) is 11.3 Å². The molecule has 0 bridgehead atoms. The van der Waals surface area contributed by atoms with Crippen LogP contribution in [0.4, 0.5) is 4.39 Å². The van der Waals surface area contributed by atoms with Crippen LogP contribution in [0.3, 0.4) is 0 Å². The second-order valence-corrected chi connectivity index (χ2v) is 8.23. The van der Waals surface area contributed by atoms with Crippen LogP contribution in [0, 0.1) is 17.7 Å². The maximum Gasteiger partial charge on any atom is 0.222 e. The second kappa shape index (κ2) is 7.69. The molecule has 1 aliphatic carbocycles. The van der Waals surface area contributed by atoms with Gasteiger partial charge >= 0.3 is 0 Å². The van der Waals surface area contributed by atoms with Crippen molar-refractivity contribution in [3.63, 3.8) is 0 Å². The summed E-state index contributed by atoms with van der Waals surface area (Å²) in [4.78, 5) is 15.9. The van der Waals surface area contributed by atoms with E-state index in [1.54, 1.807) is 12.1 Å². The molecule has 5 atom stereocenters. The predicted octanol–water partition coefficient (Wildman–Crippen LogP) is 0.848. The van der Waals surface area contributed by atoms with E-state index in [-0.39, 0.29) is 18.2 Å². The molecule has 0 aromatic heterocycles. The van der Waals surface area contributed by atoms with Gasteiger partial charge in [-0.2, -0.15) is 0 Å². The Labute approximate surface area is 163 Å². The van der Waals surface area contributed by atoms with Gasteiger partial charge in [-0.05, 0) is 42.3 Å². The van der Waals surface area contributed by atoms with Crippen molar-refractivity contribution in [2.45, 2.75) is 51.1 Å². The van der Waals surface area contributed by atoms with Crippen molar-refractivity contribution in [3.05, 3.63) is 35.6 Å². The highest BCUT2D eigenvalue weighted by Gasteiger charge is 2.56. The van der Waals surface area contributed by atoms with E-state index in [0.29, 0.717) is 18.2 Å². The fourth-order valence-electron chi connectivity index (χ4n) is 4.23. The van der Waals surface area contributed by atoms with Gasteiger partial charge in [0.05, 0.1) is 24.1 Å². The number of hydrogen-bond acceptors (Lipinski definition) is 4. The molecule has 6 nitrogen and oxygen atoms in total. The molecule has 0 unspecified atom stereocenters. The molecule has 1 aromatic rings. The zero-order valence-electron chi connectivity index (χ0n) is 15.5. The number of halogens is 1. The number of rotatable bonds is 5. The number of primary amides is 1. The maximum absolute atomic E-state index is 13.2. The molecular weight excluding hydrogens is 369 g/mol. The van der Waals surface area contributed by atoms with E-state index < -0.39 is 36.1 Å². The molecule has 0 radical (unpaired) electrons. The van der Waals surface area contributed by atoms with E-state index in [1.807, 2.05) is 23.6 Å². The number of thiocarbonyl (C=S) groups is 1. The van der Waals surface area contributed by atoms with Gasteiger partial charge in [-0.1, -0.05) is 26.0 Å². The van der Waals surface area contributed by atoms with E-state index in [4.69, 9.17) is 18.0 Å². The van der Waals surface area contributed by atoms with Crippen LogP contribution >= 0.6 is 12.2 Å². The monoisotopic (exact) mass is 395 g/mol. The van der Waals surface area contributed by atoms with Crippen molar-refractivity contribution in [3.8, 4) is 0 Å². The highest BCUT2D eigenvalue weighted by Crippen LogP contribution is 2.39. The summed E-state index contributed by atoms with van der Waals surface area (Å²) in [6.45, 7) is 5.07. The van der Waals surface area contributed by atoms with Crippen molar-refractivity contribution in [1.29, 1.82) is 0 Å². The lowest BCUT2D eigenvalue weighted by molar-refractivity contribution is -0.133. The summed E-state index contributed by atoms with van der Waals surface area (Å²) < 4.78 is 13.2. The smallest absolute Gasteiger partial charge is 0.222 e. The van der Waals surface area contributed by atoms with Crippen LogP contribution in [0.2, 0.25) is 0 Å². The molecule has 3 rings (SSSR count). The van der Waals surface area contributed by atoms with Gasteiger partial charge in [-0.3, -0.25) is 4.79 Å². The number of aliphatic hydroxyl groups is 2. The average Bonchev–Trinajstić information content (AvgIpc) is 2.85. The molecule has 8 heteroatoms. The highest BCUT2D eigenvalue weighted by atomic mass is 32.1. The van der Waals surface area contributed by atoms with Gasteiger partial charge in [-0.15, -0.1) is 0 Å². The lowest BCUT2D eigenvalue weighted by Gasteiger charge is -2.42. The first-order chi connectivity index (χ1) is 12.7. The van der Waals surface area contributed by atoms with Crippen LogP contribution in [-0.4, -0.2) is 61.9 Å². The molecule has 4 N–H and O–H groups in total. The third-order valence-electron chi connectivity index (χ3n) is 5.41. The number of nitrogens with two attached hydrogens (primary N) is 1. The summed E-state index contributed by atoms with van der Waals surface area (Å²) in [6.07, 6.45) is -2.00. The topological polar surface area (TPSA) is 90.0 Å². The summed E-state index contributed by atoms with van der Waals surface area (Å²) in [5, 5.41) is 21.6. The summed E-state index contributed by atoms with van der Waals surface area (Å²) in [5.74, 6) is -1.16. The fraction of sp³-hybridized carbons (Fsp3) is 0.579. The van der Waals surface area contributed by atoms with Crippen molar-refractivity contribution in [2.75, 3.05) is 6.54 Å². The largest absolute Gasteiger partial charge is 0.390 e. The second-order valence-electron chi connectivity index (χ2n) is 7.87. The molecule has 0 spiro atoms.